The Morgan fingerprint density at radius 1 is 1.00 bits per heavy atom. The molecule has 0 atom stereocenters. The molecule has 0 unspecified atom stereocenters. The summed E-state index contributed by atoms with van der Waals surface area (Å²) in [7, 11) is 2.03. The summed E-state index contributed by atoms with van der Waals surface area (Å²) >= 11 is 0. The zero-order chi connectivity index (χ0) is 13.7. The summed E-state index contributed by atoms with van der Waals surface area (Å²) < 4.78 is 0. The molecular formula is C16H17N3. The summed E-state index contributed by atoms with van der Waals surface area (Å²) in [4.78, 5) is 2.15. The van der Waals surface area contributed by atoms with E-state index < -0.39 is 0 Å². The van der Waals surface area contributed by atoms with Gasteiger partial charge in [-0.15, -0.1) is 0 Å². The Hall–Kier alpha value is -2.31. The highest BCUT2D eigenvalue weighted by Crippen LogP contribution is 2.15. The van der Waals surface area contributed by atoms with Crippen molar-refractivity contribution in [2.45, 2.75) is 13.1 Å². The fourth-order valence-electron chi connectivity index (χ4n) is 2.08. The maximum Gasteiger partial charge on any atom is 0.0995 e. The van der Waals surface area contributed by atoms with E-state index in [1.54, 1.807) is 0 Å². The van der Waals surface area contributed by atoms with Crippen LogP contribution in [-0.4, -0.2) is 11.9 Å². The highest BCUT2D eigenvalue weighted by atomic mass is 15.1. The molecule has 0 fully saturated rings. The molecule has 3 nitrogen and oxygen atoms in total. The number of nitrogens with two attached hydrogens (primary N) is 1. The third-order valence-electron chi connectivity index (χ3n) is 3.07. The molecule has 2 N–H and O–H groups in total. The molecule has 0 aromatic heterocycles. The summed E-state index contributed by atoms with van der Waals surface area (Å²) in [5.74, 6) is 0. The van der Waals surface area contributed by atoms with E-state index in [2.05, 4.69) is 11.0 Å². The second kappa shape index (κ2) is 6.03. The summed E-state index contributed by atoms with van der Waals surface area (Å²) in [6, 6.07) is 17.8. The molecule has 0 spiro atoms. The van der Waals surface area contributed by atoms with Gasteiger partial charge in [0.15, 0.2) is 0 Å². The zero-order valence-electron chi connectivity index (χ0n) is 11.0. The van der Waals surface area contributed by atoms with Crippen molar-refractivity contribution in [1.82, 2.24) is 4.90 Å². The first-order valence-electron chi connectivity index (χ1n) is 6.20. The van der Waals surface area contributed by atoms with Gasteiger partial charge in [-0.1, -0.05) is 36.4 Å². The molecule has 0 bridgehead atoms. The Labute approximate surface area is 113 Å². The van der Waals surface area contributed by atoms with Gasteiger partial charge >= 0.3 is 0 Å². The monoisotopic (exact) mass is 251 g/mol. The van der Waals surface area contributed by atoms with E-state index in [4.69, 9.17) is 11.0 Å². The molecule has 2 rings (SSSR count). The van der Waals surface area contributed by atoms with Crippen LogP contribution < -0.4 is 5.73 Å². The van der Waals surface area contributed by atoms with Gasteiger partial charge in [0.2, 0.25) is 0 Å². The quantitative estimate of drug-likeness (QED) is 0.850. The van der Waals surface area contributed by atoms with Gasteiger partial charge in [0, 0.05) is 18.8 Å². The molecule has 3 heteroatoms. The Bertz CT molecular complexity index is 599. The Balaban J connectivity index is 2.08. The molecule has 0 saturated carbocycles. The van der Waals surface area contributed by atoms with Crippen LogP contribution in [0.3, 0.4) is 0 Å². The molecule has 19 heavy (non-hydrogen) atoms. The minimum Gasteiger partial charge on any atom is -0.398 e. The number of nitrogen functional groups attached to an aromatic ring is 1. The van der Waals surface area contributed by atoms with Crippen LogP contribution in [0.25, 0.3) is 0 Å². The van der Waals surface area contributed by atoms with E-state index in [1.807, 2.05) is 55.6 Å². The van der Waals surface area contributed by atoms with Crippen LogP contribution in [0.15, 0.2) is 48.5 Å². The van der Waals surface area contributed by atoms with Crippen LogP contribution >= 0.6 is 0 Å². The van der Waals surface area contributed by atoms with Gasteiger partial charge in [-0.2, -0.15) is 5.26 Å². The van der Waals surface area contributed by atoms with Crippen molar-refractivity contribution in [2.75, 3.05) is 12.8 Å². The second-order valence-electron chi connectivity index (χ2n) is 4.64. The summed E-state index contributed by atoms with van der Waals surface area (Å²) in [5.41, 5.74) is 9.63. The lowest BCUT2D eigenvalue weighted by molar-refractivity contribution is 0.319. The molecule has 96 valence electrons. The number of nitriles is 1. The number of para-hydroxylation sites is 1. The molecule has 0 heterocycles. The van der Waals surface area contributed by atoms with E-state index in [9.17, 15) is 0 Å². The van der Waals surface area contributed by atoms with Gasteiger partial charge in [-0.05, 0) is 30.3 Å². The largest absolute Gasteiger partial charge is 0.398 e. The molecule has 0 aliphatic heterocycles. The van der Waals surface area contributed by atoms with Crippen molar-refractivity contribution < 1.29 is 0 Å². The smallest absolute Gasteiger partial charge is 0.0995 e. The Morgan fingerprint density at radius 3 is 2.26 bits per heavy atom. The lowest BCUT2D eigenvalue weighted by atomic mass is 10.1. The van der Waals surface area contributed by atoms with Gasteiger partial charge in [0.1, 0.15) is 0 Å². The maximum atomic E-state index is 9.08. The SMILES string of the molecule is CN(Cc1ccccc1N)Cc1ccccc1C#N. The van der Waals surface area contributed by atoms with Crippen LogP contribution in [-0.2, 0) is 13.1 Å². The van der Waals surface area contributed by atoms with Gasteiger partial charge in [0.05, 0.1) is 11.6 Å². The van der Waals surface area contributed by atoms with Crippen LogP contribution in [0.2, 0.25) is 0 Å². The van der Waals surface area contributed by atoms with Crippen LogP contribution in [0.4, 0.5) is 5.69 Å². The summed E-state index contributed by atoms with van der Waals surface area (Å²) in [5, 5.41) is 9.08. The molecule has 0 aliphatic carbocycles. The minimum atomic E-state index is 0.732. The normalized spacial score (nSPS) is 10.4. The van der Waals surface area contributed by atoms with Crippen LogP contribution in [0.1, 0.15) is 16.7 Å². The maximum absolute atomic E-state index is 9.08. The Kier molecular flexibility index (Phi) is 4.17. The number of nitrogens with zero attached hydrogens (tertiary/aromatic N) is 2. The molecule has 0 amide bonds. The molecule has 2 aromatic carbocycles. The van der Waals surface area contributed by atoms with E-state index in [0.29, 0.717) is 0 Å². The van der Waals surface area contributed by atoms with Gasteiger partial charge in [-0.25, -0.2) is 0 Å². The van der Waals surface area contributed by atoms with E-state index in [-0.39, 0.29) is 0 Å². The van der Waals surface area contributed by atoms with Crippen molar-refractivity contribution >= 4 is 5.69 Å². The zero-order valence-corrected chi connectivity index (χ0v) is 11.0. The Morgan fingerprint density at radius 2 is 1.58 bits per heavy atom. The predicted molar refractivity (Wildman–Crippen MR) is 77.2 cm³/mol. The van der Waals surface area contributed by atoms with Gasteiger partial charge in [0.25, 0.3) is 0 Å². The number of benzene rings is 2. The van der Waals surface area contributed by atoms with Crippen LogP contribution in [0.5, 0.6) is 0 Å². The molecule has 0 saturated heterocycles. The number of rotatable bonds is 4. The molecule has 0 radical (unpaired) electrons. The van der Waals surface area contributed by atoms with Crippen molar-refractivity contribution in [2.24, 2.45) is 0 Å². The number of anilines is 1. The first-order chi connectivity index (χ1) is 9.20. The summed E-state index contributed by atoms with van der Waals surface area (Å²) in [6.07, 6.45) is 0. The van der Waals surface area contributed by atoms with Crippen LogP contribution in [0, 0.1) is 11.3 Å². The third-order valence-corrected chi connectivity index (χ3v) is 3.07. The van der Waals surface area contributed by atoms with E-state index in [0.717, 1.165) is 35.5 Å². The highest BCUT2D eigenvalue weighted by molar-refractivity contribution is 5.46. The van der Waals surface area contributed by atoms with E-state index >= 15 is 0 Å². The standard InChI is InChI=1S/C16H17N3/c1-19(12-15-8-4-5-9-16(15)18)11-14-7-3-2-6-13(14)10-17/h2-9H,11-12,18H2,1H3. The van der Waals surface area contributed by atoms with Gasteiger partial charge < -0.3 is 5.73 Å². The lowest BCUT2D eigenvalue weighted by Gasteiger charge is -2.18. The van der Waals surface area contributed by atoms with Gasteiger partial charge in [-0.3, -0.25) is 4.90 Å². The summed E-state index contributed by atoms with van der Waals surface area (Å²) in [6.45, 7) is 1.50. The molecule has 2 aromatic rings. The third kappa shape index (κ3) is 3.34. The minimum absolute atomic E-state index is 0.732. The lowest BCUT2D eigenvalue weighted by Crippen LogP contribution is -2.18. The predicted octanol–water partition coefficient (Wildman–Crippen LogP) is 2.77. The number of hydrogen-bond donors (Lipinski definition) is 1. The first kappa shape index (κ1) is 13.1. The van der Waals surface area contributed by atoms with Crippen molar-refractivity contribution in [1.29, 1.82) is 5.26 Å². The second-order valence-corrected chi connectivity index (χ2v) is 4.64. The average molecular weight is 251 g/mol. The molecule has 0 aliphatic rings. The van der Waals surface area contributed by atoms with Crippen molar-refractivity contribution in [3.05, 3.63) is 65.2 Å². The fraction of sp³-hybridized carbons (Fsp3) is 0.188. The fourth-order valence-corrected chi connectivity index (χ4v) is 2.08. The molecular weight excluding hydrogens is 234 g/mol. The van der Waals surface area contributed by atoms with Crippen molar-refractivity contribution in [3.63, 3.8) is 0 Å². The average Bonchev–Trinajstić information content (AvgIpc) is 2.42. The topological polar surface area (TPSA) is 53.0 Å². The van der Waals surface area contributed by atoms with E-state index in [1.165, 1.54) is 0 Å². The first-order valence-corrected chi connectivity index (χ1v) is 6.20. The highest BCUT2D eigenvalue weighted by Gasteiger charge is 2.07. The van der Waals surface area contributed by atoms with Crippen molar-refractivity contribution in [3.8, 4) is 6.07 Å². The number of hydrogen-bond acceptors (Lipinski definition) is 3.